The fourth-order valence-corrected chi connectivity index (χ4v) is 9.21. The molecule has 0 aromatic rings. The van der Waals surface area contributed by atoms with Crippen molar-refractivity contribution in [2.75, 3.05) is 26.4 Å². The van der Waals surface area contributed by atoms with Gasteiger partial charge in [-0.25, -0.2) is 0 Å². The van der Waals surface area contributed by atoms with E-state index in [0.717, 1.165) is 0 Å². The predicted octanol–water partition coefficient (Wildman–Crippen LogP) is 1.12. The number of hydrogen-bond donors (Lipinski definition) is 0. The average molecular weight is 370 g/mol. The van der Waals surface area contributed by atoms with Gasteiger partial charge in [-0.15, -0.1) is 0 Å². The molecule has 0 amide bonds. The first-order chi connectivity index (χ1) is 7.86. The van der Waals surface area contributed by atoms with E-state index in [0.29, 0.717) is 26.4 Å². The van der Waals surface area contributed by atoms with E-state index in [4.69, 9.17) is 17.6 Å². The third kappa shape index (κ3) is 4.50. The van der Waals surface area contributed by atoms with Gasteiger partial charge in [0.05, 0.1) is 0 Å². The second kappa shape index (κ2) is 5.50. The summed E-state index contributed by atoms with van der Waals surface area (Å²) in [6.45, 7) is 11.3. The summed E-state index contributed by atoms with van der Waals surface area (Å²) < 4.78 is 28.2. The average Bonchev–Trinajstić information content (AvgIpc) is 2.24. The van der Waals surface area contributed by atoms with Gasteiger partial charge in [-0.3, -0.25) is 0 Å². The summed E-state index contributed by atoms with van der Waals surface area (Å²) in [5.41, 5.74) is 0.181. The van der Waals surface area contributed by atoms with Crippen LogP contribution in [0.25, 0.3) is 0 Å². The first-order valence-electron chi connectivity index (χ1n) is 5.66. The van der Waals surface area contributed by atoms with Gasteiger partial charge < -0.3 is 0 Å². The van der Waals surface area contributed by atoms with Gasteiger partial charge in [0.2, 0.25) is 0 Å². The van der Waals surface area contributed by atoms with Crippen LogP contribution in [0.15, 0.2) is 0 Å². The van der Waals surface area contributed by atoms with Crippen LogP contribution in [0.4, 0.5) is 0 Å². The van der Waals surface area contributed by atoms with E-state index in [9.17, 15) is 0 Å². The van der Waals surface area contributed by atoms with E-state index in [1.165, 1.54) is 0 Å². The van der Waals surface area contributed by atoms with Crippen LogP contribution >= 0.6 is 0 Å². The number of hydrogen-bond acceptors (Lipinski definition) is 5. The molecule has 2 saturated heterocycles. The Kier molecular flexibility index (Phi) is 4.64. The van der Waals surface area contributed by atoms with E-state index in [1.807, 2.05) is 0 Å². The molecule has 0 atom stereocenters. The van der Waals surface area contributed by atoms with Gasteiger partial charge in [-0.1, -0.05) is 0 Å². The molecule has 7 heteroatoms. The van der Waals surface area contributed by atoms with Crippen molar-refractivity contribution in [2.24, 2.45) is 10.8 Å². The zero-order chi connectivity index (χ0) is 12.5. The van der Waals surface area contributed by atoms with Gasteiger partial charge in [-0.05, 0) is 0 Å². The Labute approximate surface area is 114 Å². The van der Waals surface area contributed by atoms with Crippen molar-refractivity contribution in [1.82, 2.24) is 0 Å². The fraction of sp³-hybridized carbons (Fsp3) is 1.00. The SMILES string of the molecule is CC1(C)CO[As](O[As]2OCC(C)(C)CO2)OC1. The van der Waals surface area contributed by atoms with E-state index < -0.39 is 31.4 Å². The van der Waals surface area contributed by atoms with Gasteiger partial charge in [0, 0.05) is 0 Å². The van der Waals surface area contributed by atoms with Crippen LogP contribution in [0.3, 0.4) is 0 Å². The molecule has 0 aromatic heterocycles. The summed E-state index contributed by atoms with van der Waals surface area (Å²) in [5, 5.41) is 0. The molecular formula is C10H20As2O5. The van der Waals surface area contributed by atoms with Gasteiger partial charge in [0.1, 0.15) is 0 Å². The Morgan fingerprint density at radius 3 is 1.29 bits per heavy atom. The van der Waals surface area contributed by atoms with Gasteiger partial charge >= 0.3 is 114 Å². The van der Waals surface area contributed by atoms with Crippen LogP contribution in [0.2, 0.25) is 0 Å². The minimum absolute atomic E-state index is 0.0905. The van der Waals surface area contributed by atoms with Crippen LogP contribution in [-0.2, 0) is 17.6 Å². The van der Waals surface area contributed by atoms with Crippen molar-refractivity contribution in [3.05, 3.63) is 0 Å². The summed E-state index contributed by atoms with van der Waals surface area (Å²) in [6.07, 6.45) is 0. The van der Waals surface area contributed by atoms with E-state index in [1.54, 1.807) is 0 Å². The summed E-state index contributed by atoms with van der Waals surface area (Å²) in [6, 6.07) is 0. The Bertz CT molecular complexity index is 225. The minimum atomic E-state index is -2.08. The van der Waals surface area contributed by atoms with Crippen molar-refractivity contribution in [1.29, 1.82) is 0 Å². The molecule has 2 fully saturated rings. The monoisotopic (exact) mass is 370 g/mol. The van der Waals surface area contributed by atoms with Gasteiger partial charge in [0.25, 0.3) is 0 Å². The molecule has 0 aliphatic carbocycles. The fourth-order valence-electron chi connectivity index (χ4n) is 1.22. The number of rotatable bonds is 2. The van der Waals surface area contributed by atoms with E-state index in [2.05, 4.69) is 27.7 Å². The molecule has 0 saturated carbocycles. The molecule has 2 rings (SSSR count). The Hall–Kier alpha value is 0.917. The van der Waals surface area contributed by atoms with Crippen LogP contribution in [0.1, 0.15) is 27.7 Å². The quantitative estimate of drug-likeness (QED) is 0.682. The second-order valence-corrected chi connectivity index (χ2v) is 12.1. The van der Waals surface area contributed by atoms with Crippen LogP contribution in [-0.4, -0.2) is 57.8 Å². The molecule has 0 N–H and O–H groups in total. The van der Waals surface area contributed by atoms with Gasteiger partial charge in [-0.2, -0.15) is 0 Å². The molecule has 2 aliphatic rings. The second-order valence-electron chi connectivity index (χ2n) is 5.95. The molecule has 2 aliphatic heterocycles. The molecular weight excluding hydrogens is 350 g/mol. The molecule has 0 aromatic carbocycles. The Morgan fingerprint density at radius 2 is 1.00 bits per heavy atom. The first kappa shape index (κ1) is 14.3. The third-order valence-electron chi connectivity index (χ3n) is 2.38. The molecule has 17 heavy (non-hydrogen) atoms. The summed E-state index contributed by atoms with van der Waals surface area (Å²) in [7, 11) is 0. The molecule has 0 spiro atoms. The topological polar surface area (TPSA) is 46.2 Å². The zero-order valence-electron chi connectivity index (χ0n) is 10.8. The third-order valence-corrected chi connectivity index (χ3v) is 8.70. The van der Waals surface area contributed by atoms with Crippen molar-refractivity contribution >= 4 is 31.4 Å². The molecule has 0 radical (unpaired) electrons. The van der Waals surface area contributed by atoms with E-state index >= 15 is 0 Å². The van der Waals surface area contributed by atoms with Crippen LogP contribution < -0.4 is 0 Å². The maximum absolute atomic E-state index is 5.72. The summed E-state index contributed by atoms with van der Waals surface area (Å²) in [4.78, 5) is 0. The van der Waals surface area contributed by atoms with E-state index in [-0.39, 0.29) is 10.8 Å². The first-order valence-corrected chi connectivity index (χ1v) is 10.3. The normalized spacial score (nSPS) is 30.4. The molecule has 5 nitrogen and oxygen atoms in total. The summed E-state index contributed by atoms with van der Waals surface area (Å²) >= 11 is -4.16. The zero-order valence-corrected chi connectivity index (χ0v) is 14.5. The maximum atomic E-state index is 5.72. The predicted molar refractivity (Wildman–Crippen MR) is 64.0 cm³/mol. The molecule has 2 heterocycles. The van der Waals surface area contributed by atoms with Crippen LogP contribution in [0.5, 0.6) is 0 Å². The van der Waals surface area contributed by atoms with Crippen molar-refractivity contribution in [3.63, 3.8) is 0 Å². The standard InChI is InChI=1S/C10H20As2O5/c1-9(2)5-13-11(14-6-9)17-12-15-7-10(3,4)8-16-12/h5-8H2,1-4H3. The Balaban J connectivity index is 1.72. The summed E-state index contributed by atoms with van der Waals surface area (Å²) in [5.74, 6) is 0. The van der Waals surface area contributed by atoms with Crippen molar-refractivity contribution in [3.8, 4) is 0 Å². The molecule has 0 unspecified atom stereocenters. The van der Waals surface area contributed by atoms with Crippen LogP contribution in [0, 0.1) is 10.8 Å². The molecule has 100 valence electrons. The Morgan fingerprint density at radius 1 is 0.706 bits per heavy atom. The van der Waals surface area contributed by atoms with Gasteiger partial charge in [0.15, 0.2) is 0 Å². The van der Waals surface area contributed by atoms with Crippen molar-refractivity contribution < 1.29 is 17.6 Å². The molecule has 0 bridgehead atoms. The van der Waals surface area contributed by atoms with Crippen molar-refractivity contribution in [2.45, 2.75) is 27.7 Å².